The van der Waals surface area contributed by atoms with Crippen molar-refractivity contribution in [3.63, 3.8) is 0 Å². The maximum absolute atomic E-state index is 5.05. The van der Waals surface area contributed by atoms with Crippen LogP contribution in [-0.4, -0.2) is 34.4 Å². The Morgan fingerprint density at radius 1 is 1.10 bits per heavy atom. The van der Waals surface area contributed by atoms with Gasteiger partial charge in [-0.3, -0.25) is 4.99 Å². The van der Waals surface area contributed by atoms with Crippen LogP contribution in [0.1, 0.15) is 56.9 Å². The molecule has 0 bridgehead atoms. The fourth-order valence-corrected chi connectivity index (χ4v) is 4.15. The number of imidazole rings is 1. The molecule has 30 heavy (non-hydrogen) atoms. The summed E-state index contributed by atoms with van der Waals surface area (Å²) < 4.78 is 1.89. The molecule has 5 nitrogen and oxygen atoms in total. The Bertz CT molecular complexity index is 1050. The average molecular weight is 406 g/mol. The molecule has 0 saturated carbocycles. The van der Waals surface area contributed by atoms with Crippen molar-refractivity contribution < 1.29 is 0 Å². The number of hydrogen-bond acceptors (Lipinski definition) is 4. The second-order valence-corrected chi connectivity index (χ2v) is 8.57. The summed E-state index contributed by atoms with van der Waals surface area (Å²) in [6.07, 6.45) is 5.51. The molecule has 2 aromatic heterocycles. The van der Waals surface area contributed by atoms with Crippen molar-refractivity contribution >= 4 is 22.7 Å². The van der Waals surface area contributed by atoms with Crippen LogP contribution in [0.4, 0.5) is 11.4 Å². The summed E-state index contributed by atoms with van der Waals surface area (Å²) >= 11 is 0. The van der Waals surface area contributed by atoms with E-state index in [0.717, 1.165) is 40.4 Å². The average Bonchev–Trinajstić information content (AvgIpc) is 3.07. The minimum absolute atomic E-state index is 0.560. The van der Waals surface area contributed by atoms with Crippen LogP contribution >= 0.6 is 0 Å². The van der Waals surface area contributed by atoms with Crippen molar-refractivity contribution in [3.8, 4) is 11.3 Å². The van der Waals surface area contributed by atoms with Gasteiger partial charge in [-0.25, -0.2) is 9.50 Å². The molecule has 2 heterocycles. The van der Waals surface area contributed by atoms with Gasteiger partial charge in [0.15, 0.2) is 5.65 Å². The third-order valence-corrected chi connectivity index (χ3v) is 5.80. The van der Waals surface area contributed by atoms with Crippen LogP contribution in [0.15, 0.2) is 29.4 Å². The van der Waals surface area contributed by atoms with Gasteiger partial charge in [-0.2, -0.15) is 5.10 Å². The Hall–Kier alpha value is -2.69. The molecule has 0 N–H and O–H groups in total. The molecular weight excluding hydrogens is 370 g/mol. The number of anilines is 1. The lowest BCUT2D eigenvalue weighted by molar-refractivity contribution is 0.593. The first-order valence-corrected chi connectivity index (χ1v) is 11.0. The van der Waals surface area contributed by atoms with E-state index in [0.29, 0.717) is 5.92 Å². The van der Waals surface area contributed by atoms with Crippen molar-refractivity contribution in [3.05, 3.63) is 41.2 Å². The second kappa shape index (κ2) is 8.99. The molecule has 0 saturated heterocycles. The normalized spacial score (nSPS) is 13.1. The molecular formula is C25H35N5. The summed E-state index contributed by atoms with van der Waals surface area (Å²) in [6.45, 7) is 13.0. The molecule has 1 unspecified atom stereocenters. The van der Waals surface area contributed by atoms with Gasteiger partial charge in [0, 0.05) is 25.4 Å². The monoisotopic (exact) mass is 405 g/mol. The summed E-state index contributed by atoms with van der Waals surface area (Å²) in [5.41, 5.74) is 9.67. The van der Waals surface area contributed by atoms with Gasteiger partial charge in [-0.05, 0) is 75.8 Å². The summed E-state index contributed by atoms with van der Waals surface area (Å²) in [4.78, 5) is 11.8. The van der Waals surface area contributed by atoms with Gasteiger partial charge < -0.3 is 4.90 Å². The van der Waals surface area contributed by atoms with Crippen molar-refractivity contribution in [1.82, 2.24) is 14.6 Å². The maximum Gasteiger partial charge on any atom is 0.177 e. The van der Waals surface area contributed by atoms with Gasteiger partial charge in [0.2, 0.25) is 0 Å². The Balaban J connectivity index is 2.07. The fourth-order valence-electron chi connectivity index (χ4n) is 4.15. The highest BCUT2D eigenvalue weighted by Gasteiger charge is 2.15. The summed E-state index contributed by atoms with van der Waals surface area (Å²) in [5.74, 6) is 0.560. The van der Waals surface area contributed by atoms with Gasteiger partial charge in [0.25, 0.3) is 0 Å². The summed E-state index contributed by atoms with van der Waals surface area (Å²) in [7, 11) is 4.08. The highest BCUT2D eigenvalue weighted by atomic mass is 15.3. The predicted octanol–water partition coefficient (Wildman–Crippen LogP) is 6.31. The molecule has 1 atom stereocenters. The third-order valence-electron chi connectivity index (χ3n) is 5.80. The van der Waals surface area contributed by atoms with E-state index in [1.807, 2.05) is 31.7 Å². The van der Waals surface area contributed by atoms with Crippen LogP contribution in [0.5, 0.6) is 0 Å². The number of rotatable bonds is 7. The van der Waals surface area contributed by atoms with E-state index >= 15 is 0 Å². The van der Waals surface area contributed by atoms with Crippen molar-refractivity contribution in [2.24, 2.45) is 10.9 Å². The van der Waals surface area contributed by atoms with Gasteiger partial charge in [0.05, 0.1) is 29.0 Å². The minimum atomic E-state index is 0.560. The van der Waals surface area contributed by atoms with Crippen molar-refractivity contribution in [2.75, 3.05) is 19.0 Å². The smallest absolute Gasteiger partial charge is 0.177 e. The highest BCUT2D eigenvalue weighted by Crippen LogP contribution is 2.32. The molecule has 3 aromatic rings. The van der Waals surface area contributed by atoms with E-state index in [-0.39, 0.29) is 0 Å². The maximum atomic E-state index is 5.05. The van der Waals surface area contributed by atoms with Crippen LogP contribution in [0.25, 0.3) is 16.9 Å². The van der Waals surface area contributed by atoms with Crippen molar-refractivity contribution in [1.29, 1.82) is 0 Å². The number of aliphatic imine (C=N–C) groups is 1. The lowest BCUT2D eigenvalue weighted by Gasteiger charge is -2.17. The molecule has 3 rings (SSSR count). The zero-order valence-corrected chi connectivity index (χ0v) is 19.7. The summed E-state index contributed by atoms with van der Waals surface area (Å²) in [5, 5.41) is 4.84. The zero-order chi connectivity index (χ0) is 22.0. The first kappa shape index (κ1) is 22.0. The van der Waals surface area contributed by atoms with Gasteiger partial charge >= 0.3 is 0 Å². The van der Waals surface area contributed by atoms with Gasteiger partial charge in [0.1, 0.15) is 0 Å². The van der Waals surface area contributed by atoms with Crippen LogP contribution < -0.4 is 4.90 Å². The third kappa shape index (κ3) is 4.40. The van der Waals surface area contributed by atoms with E-state index in [1.54, 1.807) is 0 Å². The molecule has 0 aliphatic carbocycles. The molecule has 0 radical (unpaired) electrons. The first-order valence-electron chi connectivity index (χ1n) is 11.0. The van der Waals surface area contributed by atoms with Crippen LogP contribution in [0.2, 0.25) is 0 Å². The lowest BCUT2D eigenvalue weighted by Crippen LogP contribution is -2.11. The number of aryl methyl sites for hydroxylation is 3. The molecule has 0 aliphatic heterocycles. The molecule has 1 aromatic carbocycles. The topological polar surface area (TPSA) is 45.8 Å². The van der Waals surface area contributed by atoms with E-state index in [4.69, 9.17) is 10.1 Å². The van der Waals surface area contributed by atoms with E-state index in [9.17, 15) is 0 Å². The SMILES string of the molecule is CCCC(CC)C(C)=Nc1c(C)cc(-c2cc(N(C)C)c3nc(C)cn3n2)cc1C. The predicted molar refractivity (Wildman–Crippen MR) is 128 cm³/mol. The molecule has 160 valence electrons. The van der Waals surface area contributed by atoms with Crippen LogP contribution in [0.3, 0.4) is 0 Å². The molecule has 0 spiro atoms. The zero-order valence-electron chi connectivity index (χ0n) is 19.7. The number of nitrogens with zero attached hydrogens (tertiary/aromatic N) is 5. The largest absolute Gasteiger partial charge is 0.375 e. The fraction of sp³-hybridized carbons (Fsp3) is 0.480. The first-order chi connectivity index (χ1) is 14.2. The highest BCUT2D eigenvalue weighted by molar-refractivity contribution is 5.88. The van der Waals surface area contributed by atoms with Crippen molar-refractivity contribution in [2.45, 2.75) is 60.8 Å². The Labute approximate surface area is 180 Å². The molecule has 0 fully saturated rings. The Morgan fingerprint density at radius 3 is 2.33 bits per heavy atom. The Kier molecular flexibility index (Phi) is 6.59. The number of benzene rings is 1. The van der Waals surface area contributed by atoms with Crippen LogP contribution in [-0.2, 0) is 0 Å². The quantitative estimate of drug-likeness (QED) is 0.433. The molecule has 0 amide bonds. The standard InChI is InChI=1S/C25H35N5/c1-9-11-20(10-2)19(6)27-24-16(3)12-21(13-17(24)4)22-14-23(29(7)8)25-26-18(5)15-30(25)28-22/h12-15,20H,9-11H2,1-8H3. The Morgan fingerprint density at radius 2 is 1.77 bits per heavy atom. The number of hydrogen-bond donors (Lipinski definition) is 0. The number of fused-ring (bicyclic) bond motifs is 1. The van der Waals surface area contributed by atoms with Gasteiger partial charge in [-0.1, -0.05) is 20.3 Å². The minimum Gasteiger partial charge on any atom is -0.375 e. The van der Waals surface area contributed by atoms with E-state index in [2.05, 4.69) is 62.7 Å². The van der Waals surface area contributed by atoms with Crippen LogP contribution in [0, 0.1) is 26.7 Å². The second-order valence-electron chi connectivity index (χ2n) is 8.57. The van der Waals surface area contributed by atoms with Gasteiger partial charge in [-0.15, -0.1) is 0 Å². The van der Waals surface area contributed by atoms with E-state index < -0.39 is 0 Å². The number of aromatic nitrogens is 3. The lowest BCUT2D eigenvalue weighted by atomic mass is 9.95. The molecule has 0 aliphatic rings. The summed E-state index contributed by atoms with van der Waals surface area (Å²) in [6, 6.07) is 6.53. The molecule has 5 heteroatoms. The van der Waals surface area contributed by atoms with E-state index in [1.165, 1.54) is 29.7 Å².